The SMILES string of the molecule is C#Cc1ccc2c(c1)C1=C(C2=O)C(c2cc(N)cc(O)c2)Sc2ccccc2N1. The van der Waals surface area contributed by atoms with Crippen molar-refractivity contribution < 1.29 is 9.90 Å². The molecule has 5 rings (SSSR count). The molecule has 0 spiro atoms. The molecule has 1 aliphatic carbocycles. The van der Waals surface area contributed by atoms with Crippen LogP contribution in [0.15, 0.2) is 71.1 Å². The highest BCUT2D eigenvalue weighted by Gasteiger charge is 2.38. The fraction of sp³-hybridized carbons (Fsp3) is 0.0417. The van der Waals surface area contributed by atoms with Crippen molar-refractivity contribution in [3.05, 3.63) is 88.5 Å². The molecular weight excluding hydrogens is 380 g/mol. The van der Waals surface area contributed by atoms with Crippen LogP contribution in [0.3, 0.4) is 0 Å². The molecule has 1 atom stereocenters. The Morgan fingerprint density at radius 1 is 1.07 bits per heavy atom. The number of ketones is 1. The number of nitrogens with two attached hydrogens (primary N) is 1. The number of Topliss-reactive ketones (excluding diaryl/α,β-unsaturated/α-hetero) is 1. The highest BCUT2D eigenvalue weighted by Crippen LogP contribution is 2.53. The van der Waals surface area contributed by atoms with Gasteiger partial charge in [0, 0.05) is 38.9 Å². The summed E-state index contributed by atoms with van der Waals surface area (Å²) in [7, 11) is 0. The van der Waals surface area contributed by atoms with Crippen LogP contribution >= 0.6 is 11.8 Å². The number of carbonyl (C=O) groups is 1. The third kappa shape index (κ3) is 2.77. The molecule has 0 bridgehead atoms. The Labute approximate surface area is 172 Å². The number of nitrogen functional groups attached to an aromatic ring is 1. The second-order valence-corrected chi connectivity index (χ2v) is 8.15. The van der Waals surface area contributed by atoms with Gasteiger partial charge in [-0.25, -0.2) is 0 Å². The Morgan fingerprint density at radius 2 is 1.90 bits per heavy atom. The molecule has 140 valence electrons. The van der Waals surface area contributed by atoms with Crippen molar-refractivity contribution in [3.8, 4) is 18.1 Å². The Kier molecular flexibility index (Phi) is 3.90. The number of terminal acetylenes is 1. The molecule has 3 aromatic rings. The van der Waals surface area contributed by atoms with Crippen molar-refractivity contribution in [2.75, 3.05) is 11.1 Å². The Balaban J connectivity index is 1.77. The molecule has 0 aromatic heterocycles. The van der Waals surface area contributed by atoms with Gasteiger partial charge >= 0.3 is 0 Å². The summed E-state index contributed by atoms with van der Waals surface area (Å²) in [6, 6.07) is 18.3. The van der Waals surface area contributed by atoms with Crippen LogP contribution < -0.4 is 11.1 Å². The standard InChI is InChI=1S/C24H16N2O2S/c1-2-13-7-8-17-18(9-13)22-21(23(17)28)24(14-10-15(25)12-16(27)11-14)29-20-6-4-3-5-19(20)26-22/h1,3-12,24,26-27H,25H2. The van der Waals surface area contributed by atoms with Crippen LogP contribution in [0.2, 0.25) is 0 Å². The number of phenolic OH excluding ortho intramolecular Hbond substituents is 1. The number of benzene rings is 3. The van der Waals surface area contributed by atoms with E-state index in [2.05, 4.69) is 11.2 Å². The first-order chi connectivity index (χ1) is 14.0. The summed E-state index contributed by atoms with van der Waals surface area (Å²) in [5.41, 5.74) is 11.7. The van der Waals surface area contributed by atoms with Crippen LogP contribution in [-0.2, 0) is 0 Å². The summed E-state index contributed by atoms with van der Waals surface area (Å²) in [6.07, 6.45) is 5.59. The lowest BCUT2D eigenvalue weighted by Crippen LogP contribution is -2.08. The molecule has 29 heavy (non-hydrogen) atoms. The van der Waals surface area contributed by atoms with Crippen molar-refractivity contribution >= 4 is 34.6 Å². The van der Waals surface area contributed by atoms with E-state index in [1.54, 1.807) is 36.0 Å². The minimum Gasteiger partial charge on any atom is -0.508 e. The first-order valence-corrected chi connectivity index (χ1v) is 9.95. The van der Waals surface area contributed by atoms with E-state index in [-0.39, 0.29) is 16.8 Å². The number of thioether (sulfide) groups is 1. The van der Waals surface area contributed by atoms with Gasteiger partial charge in [-0.2, -0.15) is 0 Å². The molecular formula is C24H16N2O2S. The summed E-state index contributed by atoms with van der Waals surface area (Å²) in [4.78, 5) is 14.4. The van der Waals surface area contributed by atoms with Gasteiger partial charge in [0.15, 0.2) is 5.78 Å². The molecule has 4 nitrogen and oxygen atoms in total. The van der Waals surface area contributed by atoms with E-state index in [0.717, 1.165) is 33.0 Å². The monoisotopic (exact) mass is 396 g/mol. The second kappa shape index (κ2) is 6.47. The molecule has 0 saturated heterocycles. The molecule has 4 N–H and O–H groups in total. The van der Waals surface area contributed by atoms with Gasteiger partial charge in [0.1, 0.15) is 5.75 Å². The molecule has 1 heterocycles. The molecule has 2 aliphatic rings. The molecule has 0 radical (unpaired) electrons. The van der Waals surface area contributed by atoms with Crippen LogP contribution in [0.25, 0.3) is 5.70 Å². The van der Waals surface area contributed by atoms with Crippen molar-refractivity contribution in [1.82, 2.24) is 0 Å². The largest absolute Gasteiger partial charge is 0.508 e. The van der Waals surface area contributed by atoms with Gasteiger partial charge in [-0.1, -0.05) is 18.1 Å². The highest BCUT2D eigenvalue weighted by molar-refractivity contribution is 8.00. The maximum atomic E-state index is 13.4. The van der Waals surface area contributed by atoms with Crippen LogP contribution in [0.1, 0.15) is 32.3 Å². The first kappa shape index (κ1) is 17.5. The third-order valence-electron chi connectivity index (χ3n) is 5.13. The van der Waals surface area contributed by atoms with Crippen LogP contribution in [0.4, 0.5) is 11.4 Å². The zero-order chi connectivity index (χ0) is 20.1. The molecule has 0 saturated carbocycles. The summed E-state index contributed by atoms with van der Waals surface area (Å²) >= 11 is 1.56. The predicted molar refractivity (Wildman–Crippen MR) is 117 cm³/mol. The number of hydrogen-bond donors (Lipinski definition) is 3. The topological polar surface area (TPSA) is 75.4 Å². The smallest absolute Gasteiger partial charge is 0.193 e. The minimum absolute atomic E-state index is 0.0432. The van der Waals surface area contributed by atoms with Crippen molar-refractivity contribution in [2.24, 2.45) is 0 Å². The van der Waals surface area contributed by atoms with Crippen LogP contribution in [0, 0.1) is 12.3 Å². The molecule has 1 unspecified atom stereocenters. The van der Waals surface area contributed by atoms with Gasteiger partial charge in [-0.15, -0.1) is 18.2 Å². The molecule has 3 aromatic carbocycles. The van der Waals surface area contributed by atoms with Crippen molar-refractivity contribution in [3.63, 3.8) is 0 Å². The number of para-hydroxylation sites is 1. The van der Waals surface area contributed by atoms with E-state index in [1.807, 2.05) is 30.3 Å². The number of rotatable bonds is 1. The maximum absolute atomic E-state index is 13.4. The number of anilines is 2. The Bertz CT molecular complexity index is 1250. The Morgan fingerprint density at radius 3 is 2.69 bits per heavy atom. The lowest BCUT2D eigenvalue weighted by atomic mass is 10.00. The number of aromatic hydroxyl groups is 1. The van der Waals surface area contributed by atoms with Gasteiger partial charge < -0.3 is 16.2 Å². The number of fused-ring (bicyclic) bond motifs is 3. The van der Waals surface area contributed by atoms with Crippen LogP contribution in [0.5, 0.6) is 5.75 Å². The van der Waals surface area contributed by atoms with E-state index in [4.69, 9.17) is 12.2 Å². The van der Waals surface area contributed by atoms with Crippen LogP contribution in [-0.4, -0.2) is 10.9 Å². The number of nitrogens with one attached hydrogen (secondary N) is 1. The normalized spacial score (nSPS) is 16.9. The fourth-order valence-corrected chi connectivity index (χ4v) is 5.14. The molecule has 1 aliphatic heterocycles. The van der Waals surface area contributed by atoms with E-state index in [9.17, 15) is 9.90 Å². The van der Waals surface area contributed by atoms with Crippen molar-refractivity contribution in [1.29, 1.82) is 0 Å². The molecule has 5 heteroatoms. The van der Waals surface area contributed by atoms with Gasteiger partial charge in [0.2, 0.25) is 0 Å². The zero-order valence-corrected chi connectivity index (χ0v) is 16.1. The van der Waals surface area contributed by atoms with E-state index < -0.39 is 0 Å². The number of carbonyl (C=O) groups excluding carboxylic acids is 1. The average Bonchev–Trinajstić information content (AvgIpc) is 2.87. The Hall–Kier alpha value is -3.62. The fourth-order valence-electron chi connectivity index (χ4n) is 3.87. The van der Waals surface area contributed by atoms with E-state index in [0.29, 0.717) is 16.8 Å². The second-order valence-electron chi connectivity index (χ2n) is 7.00. The minimum atomic E-state index is -0.329. The quantitative estimate of drug-likeness (QED) is 0.406. The lowest BCUT2D eigenvalue weighted by Gasteiger charge is -2.18. The zero-order valence-electron chi connectivity index (χ0n) is 15.3. The van der Waals surface area contributed by atoms with E-state index >= 15 is 0 Å². The third-order valence-corrected chi connectivity index (χ3v) is 6.49. The average molecular weight is 396 g/mol. The highest BCUT2D eigenvalue weighted by atomic mass is 32.2. The molecule has 0 fully saturated rings. The summed E-state index contributed by atoms with van der Waals surface area (Å²) < 4.78 is 0. The summed E-state index contributed by atoms with van der Waals surface area (Å²) in [5.74, 6) is 2.67. The maximum Gasteiger partial charge on any atom is 0.193 e. The summed E-state index contributed by atoms with van der Waals surface area (Å²) in [5, 5.41) is 13.2. The number of phenols is 1. The van der Waals surface area contributed by atoms with Gasteiger partial charge in [0.25, 0.3) is 0 Å². The predicted octanol–water partition coefficient (Wildman–Crippen LogP) is 4.82. The number of hydrogen-bond acceptors (Lipinski definition) is 5. The molecule has 0 amide bonds. The van der Waals surface area contributed by atoms with Gasteiger partial charge in [0.05, 0.1) is 16.6 Å². The summed E-state index contributed by atoms with van der Waals surface area (Å²) in [6.45, 7) is 0. The van der Waals surface area contributed by atoms with Gasteiger partial charge in [-0.3, -0.25) is 4.79 Å². The first-order valence-electron chi connectivity index (χ1n) is 9.07. The van der Waals surface area contributed by atoms with Crippen molar-refractivity contribution in [2.45, 2.75) is 10.1 Å². The van der Waals surface area contributed by atoms with E-state index in [1.165, 1.54) is 6.07 Å². The van der Waals surface area contributed by atoms with Gasteiger partial charge in [-0.05, 0) is 48.0 Å². The lowest BCUT2D eigenvalue weighted by molar-refractivity contribution is 0.103.